The molecule has 2 N–H and O–H groups in total. The van der Waals surface area contributed by atoms with Gasteiger partial charge in [0.25, 0.3) is 0 Å². The highest BCUT2D eigenvalue weighted by Gasteiger charge is 2.14. The number of hydrogen-bond acceptors (Lipinski definition) is 4. The number of aromatic nitrogens is 2. The molecule has 0 aliphatic heterocycles. The molecule has 0 saturated carbocycles. The standard InChI is InChI=1S/C13H14N4S/c1-9-3-5-10(6-4-9)8-17-12(15)11(7-14)13(16-17)18-2/h3-6H,8,15H2,1-2H3. The molecule has 0 saturated heterocycles. The Bertz CT molecular complexity index is 593. The lowest BCUT2D eigenvalue weighted by atomic mass is 10.1. The summed E-state index contributed by atoms with van der Waals surface area (Å²) in [7, 11) is 0. The summed E-state index contributed by atoms with van der Waals surface area (Å²) in [6, 6.07) is 10.3. The van der Waals surface area contributed by atoms with Gasteiger partial charge in [0.2, 0.25) is 0 Å². The molecule has 0 spiro atoms. The maximum atomic E-state index is 9.05. The maximum absolute atomic E-state index is 9.05. The Balaban J connectivity index is 2.32. The molecule has 5 heteroatoms. The van der Waals surface area contributed by atoms with Gasteiger partial charge in [-0.2, -0.15) is 10.4 Å². The first-order valence-electron chi connectivity index (χ1n) is 5.51. The monoisotopic (exact) mass is 258 g/mol. The van der Waals surface area contributed by atoms with Crippen LogP contribution >= 0.6 is 11.8 Å². The Labute approximate surface area is 110 Å². The lowest BCUT2D eigenvalue weighted by Gasteiger charge is -2.04. The van der Waals surface area contributed by atoms with Crippen LogP contribution in [0.4, 0.5) is 5.82 Å². The molecule has 1 aromatic carbocycles. The highest BCUT2D eigenvalue weighted by atomic mass is 32.2. The van der Waals surface area contributed by atoms with E-state index in [0.29, 0.717) is 23.0 Å². The van der Waals surface area contributed by atoms with E-state index in [1.165, 1.54) is 17.3 Å². The SMILES string of the molecule is CSc1nn(Cc2ccc(C)cc2)c(N)c1C#N. The average Bonchev–Trinajstić information content (AvgIpc) is 2.68. The average molecular weight is 258 g/mol. The third-order valence-electron chi connectivity index (χ3n) is 2.72. The molecule has 0 bridgehead atoms. The lowest BCUT2D eigenvalue weighted by molar-refractivity contribution is 0.675. The van der Waals surface area contributed by atoms with Gasteiger partial charge in [-0.25, -0.2) is 4.68 Å². The van der Waals surface area contributed by atoms with Crippen molar-refractivity contribution in [3.05, 3.63) is 41.0 Å². The summed E-state index contributed by atoms with van der Waals surface area (Å²) >= 11 is 1.43. The van der Waals surface area contributed by atoms with Crippen LogP contribution in [0.5, 0.6) is 0 Å². The number of nitriles is 1. The molecule has 18 heavy (non-hydrogen) atoms. The number of nitrogens with two attached hydrogens (primary N) is 1. The maximum Gasteiger partial charge on any atom is 0.141 e. The van der Waals surface area contributed by atoms with Crippen molar-refractivity contribution in [3.63, 3.8) is 0 Å². The number of hydrogen-bond donors (Lipinski definition) is 1. The molecule has 2 rings (SSSR count). The first-order valence-corrected chi connectivity index (χ1v) is 6.74. The predicted molar refractivity (Wildman–Crippen MR) is 73.4 cm³/mol. The fourth-order valence-electron chi connectivity index (χ4n) is 1.69. The van der Waals surface area contributed by atoms with E-state index in [1.807, 2.05) is 25.3 Å². The molecule has 0 radical (unpaired) electrons. The largest absolute Gasteiger partial charge is 0.383 e. The molecule has 0 atom stereocenters. The van der Waals surface area contributed by atoms with E-state index in [9.17, 15) is 0 Å². The summed E-state index contributed by atoms with van der Waals surface area (Å²) in [4.78, 5) is 0. The predicted octanol–water partition coefficient (Wildman–Crippen LogP) is 2.42. The van der Waals surface area contributed by atoms with Crippen molar-refractivity contribution in [2.45, 2.75) is 18.5 Å². The fraction of sp³-hybridized carbons (Fsp3) is 0.231. The highest BCUT2D eigenvalue weighted by Crippen LogP contribution is 2.24. The quantitative estimate of drug-likeness (QED) is 0.858. The first kappa shape index (κ1) is 12.5. The summed E-state index contributed by atoms with van der Waals surface area (Å²) in [5, 5.41) is 14.1. The Morgan fingerprint density at radius 1 is 1.39 bits per heavy atom. The second-order valence-electron chi connectivity index (χ2n) is 4.02. The Morgan fingerprint density at radius 3 is 2.56 bits per heavy atom. The van der Waals surface area contributed by atoms with E-state index in [2.05, 4.69) is 23.3 Å². The molecule has 0 fully saturated rings. The Morgan fingerprint density at radius 2 is 2.06 bits per heavy atom. The number of rotatable bonds is 3. The van der Waals surface area contributed by atoms with Crippen LogP contribution in [0.2, 0.25) is 0 Å². The smallest absolute Gasteiger partial charge is 0.141 e. The van der Waals surface area contributed by atoms with Gasteiger partial charge in [-0.05, 0) is 18.7 Å². The summed E-state index contributed by atoms with van der Waals surface area (Å²) < 4.78 is 1.68. The number of benzene rings is 1. The number of nitrogens with zero attached hydrogens (tertiary/aromatic N) is 3. The molecule has 1 aromatic heterocycles. The van der Waals surface area contributed by atoms with Gasteiger partial charge in [-0.3, -0.25) is 0 Å². The molecule has 0 unspecified atom stereocenters. The Kier molecular flexibility index (Phi) is 3.58. The van der Waals surface area contributed by atoms with Gasteiger partial charge < -0.3 is 5.73 Å². The van der Waals surface area contributed by atoms with Gasteiger partial charge in [0.05, 0.1) is 6.54 Å². The third kappa shape index (κ3) is 2.34. The molecular weight excluding hydrogens is 244 g/mol. The highest BCUT2D eigenvalue weighted by molar-refractivity contribution is 7.98. The molecule has 92 valence electrons. The molecule has 4 nitrogen and oxygen atoms in total. The van der Waals surface area contributed by atoms with E-state index >= 15 is 0 Å². The van der Waals surface area contributed by atoms with E-state index in [1.54, 1.807) is 4.68 Å². The first-order chi connectivity index (χ1) is 8.65. The van der Waals surface area contributed by atoms with Gasteiger partial charge in [-0.1, -0.05) is 29.8 Å². The molecule has 0 amide bonds. The van der Waals surface area contributed by atoms with Crippen LogP contribution in [0.1, 0.15) is 16.7 Å². The topological polar surface area (TPSA) is 67.6 Å². The van der Waals surface area contributed by atoms with E-state index in [4.69, 9.17) is 11.0 Å². The minimum Gasteiger partial charge on any atom is -0.383 e. The summed E-state index contributed by atoms with van der Waals surface area (Å²) in [5.74, 6) is 0.433. The van der Waals surface area contributed by atoms with Gasteiger partial charge >= 0.3 is 0 Å². The van der Waals surface area contributed by atoms with Crippen molar-refractivity contribution in [1.82, 2.24) is 9.78 Å². The number of anilines is 1. The van der Waals surface area contributed by atoms with Crippen molar-refractivity contribution < 1.29 is 0 Å². The van der Waals surface area contributed by atoms with Gasteiger partial charge in [0.15, 0.2) is 0 Å². The van der Waals surface area contributed by atoms with Crippen LogP contribution in [-0.4, -0.2) is 16.0 Å². The van der Waals surface area contributed by atoms with Crippen molar-refractivity contribution >= 4 is 17.6 Å². The molecule has 2 aromatic rings. The normalized spacial score (nSPS) is 10.3. The Hall–Kier alpha value is -1.93. The third-order valence-corrected chi connectivity index (χ3v) is 3.39. The van der Waals surface area contributed by atoms with Crippen LogP contribution < -0.4 is 5.73 Å². The van der Waals surface area contributed by atoms with Crippen LogP contribution in [-0.2, 0) is 6.54 Å². The molecule has 1 heterocycles. The second kappa shape index (κ2) is 5.15. The van der Waals surface area contributed by atoms with Gasteiger partial charge in [0, 0.05) is 0 Å². The van der Waals surface area contributed by atoms with Crippen LogP contribution in [0, 0.1) is 18.3 Å². The van der Waals surface area contributed by atoms with Crippen molar-refractivity contribution in [3.8, 4) is 6.07 Å². The molecule has 0 aliphatic rings. The minimum absolute atomic E-state index is 0.433. The fourth-order valence-corrected chi connectivity index (χ4v) is 2.22. The molecular formula is C13H14N4S. The van der Waals surface area contributed by atoms with Crippen LogP contribution in [0.3, 0.4) is 0 Å². The van der Waals surface area contributed by atoms with Crippen molar-refractivity contribution in [2.75, 3.05) is 12.0 Å². The van der Waals surface area contributed by atoms with Crippen molar-refractivity contribution in [2.24, 2.45) is 0 Å². The lowest BCUT2D eigenvalue weighted by Crippen LogP contribution is -2.06. The zero-order chi connectivity index (χ0) is 13.1. The second-order valence-corrected chi connectivity index (χ2v) is 4.82. The van der Waals surface area contributed by atoms with Gasteiger partial charge in [0.1, 0.15) is 22.5 Å². The summed E-state index contributed by atoms with van der Waals surface area (Å²) in [5.41, 5.74) is 8.73. The number of aryl methyl sites for hydroxylation is 1. The zero-order valence-electron chi connectivity index (χ0n) is 10.3. The van der Waals surface area contributed by atoms with E-state index in [-0.39, 0.29) is 0 Å². The number of thioether (sulfide) groups is 1. The van der Waals surface area contributed by atoms with E-state index in [0.717, 1.165) is 5.56 Å². The van der Waals surface area contributed by atoms with E-state index < -0.39 is 0 Å². The van der Waals surface area contributed by atoms with Gasteiger partial charge in [-0.15, -0.1) is 11.8 Å². The molecule has 0 aliphatic carbocycles. The van der Waals surface area contributed by atoms with Crippen molar-refractivity contribution in [1.29, 1.82) is 5.26 Å². The van der Waals surface area contributed by atoms with Crippen LogP contribution in [0.25, 0.3) is 0 Å². The number of nitrogen functional groups attached to an aromatic ring is 1. The summed E-state index contributed by atoms with van der Waals surface area (Å²) in [6.45, 7) is 2.63. The zero-order valence-corrected chi connectivity index (χ0v) is 11.2. The van der Waals surface area contributed by atoms with Crippen LogP contribution in [0.15, 0.2) is 29.3 Å². The summed E-state index contributed by atoms with van der Waals surface area (Å²) in [6.07, 6.45) is 1.89. The minimum atomic E-state index is 0.433.